The quantitative estimate of drug-likeness (QED) is 0.361. The van der Waals surface area contributed by atoms with Gasteiger partial charge < -0.3 is 23.8 Å². The van der Waals surface area contributed by atoms with Gasteiger partial charge in [0, 0.05) is 31.5 Å². The zero-order valence-corrected chi connectivity index (χ0v) is 22.0. The van der Waals surface area contributed by atoms with Gasteiger partial charge in [-0.3, -0.25) is 0 Å². The van der Waals surface area contributed by atoms with Crippen molar-refractivity contribution in [3.05, 3.63) is 59.3 Å². The Kier molecular flexibility index (Phi) is 8.57. The second-order valence-electron chi connectivity index (χ2n) is 10.8. The van der Waals surface area contributed by atoms with Crippen LogP contribution in [0.25, 0.3) is 11.0 Å². The minimum atomic E-state index is 0.464. The SMILES string of the molecule is CN(C)Cc1c(OCCc2ccccc2)ccc2c(CCC3CCN(CC4CCCO4)CC3)noc12. The lowest BCUT2D eigenvalue weighted by Crippen LogP contribution is -2.38. The molecule has 194 valence electrons. The molecule has 5 rings (SSSR count). The summed E-state index contributed by atoms with van der Waals surface area (Å²) < 4.78 is 18.0. The first-order valence-electron chi connectivity index (χ1n) is 13.7. The molecule has 36 heavy (non-hydrogen) atoms. The zero-order chi connectivity index (χ0) is 24.7. The Labute approximate surface area is 215 Å². The van der Waals surface area contributed by atoms with Gasteiger partial charge in [0.15, 0.2) is 5.58 Å². The van der Waals surface area contributed by atoms with Crippen LogP contribution in [0.5, 0.6) is 5.75 Å². The number of benzene rings is 2. The van der Waals surface area contributed by atoms with Crippen molar-refractivity contribution >= 4 is 11.0 Å². The first-order chi connectivity index (χ1) is 17.7. The third-order valence-electron chi connectivity index (χ3n) is 7.72. The average Bonchev–Trinajstić information content (AvgIpc) is 3.55. The highest BCUT2D eigenvalue weighted by Crippen LogP contribution is 2.33. The van der Waals surface area contributed by atoms with E-state index in [0.717, 1.165) is 66.4 Å². The van der Waals surface area contributed by atoms with Crippen molar-refractivity contribution < 1.29 is 14.0 Å². The number of hydrogen-bond donors (Lipinski definition) is 0. The largest absolute Gasteiger partial charge is 0.493 e. The number of rotatable bonds is 11. The Hall–Kier alpha value is -2.41. The lowest BCUT2D eigenvalue weighted by molar-refractivity contribution is 0.0591. The maximum atomic E-state index is 6.24. The lowest BCUT2D eigenvalue weighted by Gasteiger charge is -2.33. The summed E-state index contributed by atoms with van der Waals surface area (Å²) in [5.74, 6) is 1.66. The minimum absolute atomic E-state index is 0.464. The fraction of sp³-hybridized carbons (Fsp3) is 0.567. The summed E-state index contributed by atoms with van der Waals surface area (Å²) in [6, 6.07) is 14.7. The van der Waals surface area contributed by atoms with Crippen LogP contribution < -0.4 is 4.74 Å². The Morgan fingerprint density at radius 3 is 2.61 bits per heavy atom. The molecule has 0 saturated carbocycles. The smallest absolute Gasteiger partial charge is 0.175 e. The van der Waals surface area contributed by atoms with E-state index in [4.69, 9.17) is 14.0 Å². The Morgan fingerprint density at radius 2 is 1.86 bits per heavy atom. The van der Waals surface area contributed by atoms with Crippen molar-refractivity contribution in [3.8, 4) is 5.75 Å². The van der Waals surface area contributed by atoms with Gasteiger partial charge in [-0.1, -0.05) is 35.5 Å². The maximum absolute atomic E-state index is 6.24. The van der Waals surface area contributed by atoms with Gasteiger partial charge in [-0.05, 0) is 89.3 Å². The summed E-state index contributed by atoms with van der Waals surface area (Å²) in [6.45, 7) is 5.86. The van der Waals surface area contributed by atoms with E-state index >= 15 is 0 Å². The molecule has 2 aromatic carbocycles. The van der Waals surface area contributed by atoms with Crippen molar-refractivity contribution in [2.45, 2.75) is 57.6 Å². The number of nitrogens with zero attached hydrogens (tertiary/aromatic N) is 3. The van der Waals surface area contributed by atoms with E-state index in [2.05, 4.69) is 65.5 Å². The summed E-state index contributed by atoms with van der Waals surface area (Å²) >= 11 is 0. The summed E-state index contributed by atoms with van der Waals surface area (Å²) in [4.78, 5) is 4.76. The van der Waals surface area contributed by atoms with Crippen LogP contribution in [0.4, 0.5) is 0 Å². The van der Waals surface area contributed by atoms with E-state index in [1.165, 1.54) is 50.8 Å². The highest BCUT2D eigenvalue weighted by atomic mass is 16.5. The molecular weight excluding hydrogens is 450 g/mol. The second-order valence-corrected chi connectivity index (χ2v) is 10.8. The number of ether oxygens (including phenoxy) is 2. The highest BCUT2D eigenvalue weighted by Gasteiger charge is 2.25. The molecule has 6 nitrogen and oxygen atoms in total. The van der Waals surface area contributed by atoms with Gasteiger partial charge in [-0.25, -0.2) is 0 Å². The predicted octanol–water partition coefficient (Wildman–Crippen LogP) is 5.33. The molecule has 2 aliphatic heterocycles. The van der Waals surface area contributed by atoms with E-state index < -0.39 is 0 Å². The van der Waals surface area contributed by atoms with Gasteiger partial charge in [0.05, 0.1) is 24.0 Å². The molecule has 1 unspecified atom stereocenters. The molecule has 6 heteroatoms. The summed E-state index contributed by atoms with van der Waals surface area (Å²) in [5, 5.41) is 5.66. The van der Waals surface area contributed by atoms with Crippen molar-refractivity contribution in [3.63, 3.8) is 0 Å². The van der Waals surface area contributed by atoms with E-state index in [1.54, 1.807) is 0 Å². The molecule has 0 aliphatic carbocycles. The number of fused-ring (bicyclic) bond motifs is 1. The van der Waals surface area contributed by atoms with Crippen molar-refractivity contribution in [2.75, 3.05) is 46.9 Å². The molecule has 0 N–H and O–H groups in total. The van der Waals surface area contributed by atoms with Crippen molar-refractivity contribution in [2.24, 2.45) is 5.92 Å². The normalized spacial score (nSPS) is 19.5. The van der Waals surface area contributed by atoms with E-state index in [1.807, 2.05) is 6.07 Å². The molecule has 0 radical (unpaired) electrons. The third-order valence-corrected chi connectivity index (χ3v) is 7.72. The lowest BCUT2D eigenvalue weighted by atomic mass is 9.91. The molecule has 0 spiro atoms. The fourth-order valence-electron chi connectivity index (χ4n) is 5.67. The number of likely N-dealkylation sites (tertiary alicyclic amines) is 1. The van der Waals surface area contributed by atoms with Gasteiger partial charge in [0.1, 0.15) is 5.75 Å². The first-order valence-corrected chi connectivity index (χ1v) is 13.7. The van der Waals surface area contributed by atoms with Gasteiger partial charge >= 0.3 is 0 Å². The molecule has 3 aromatic rings. The van der Waals surface area contributed by atoms with Crippen LogP contribution >= 0.6 is 0 Å². The molecule has 3 heterocycles. The monoisotopic (exact) mass is 491 g/mol. The van der Waals surface area contributed by atoms with E-state index in [9.17, 15) is 0 Å². The molecule has 2 aliphatic rings. The molecule has 2 fully saturated rings. The first kappa shape index (κ1) is 25.2. The Balaban J connectivity index is 1.19. The van der Waals surface area contributed by atoms with Crippen LogP contribution in [-0.4, -0.2) is 68.0 Å². The highest BCUT2D eigenvalue weighted by molar-refractivity contribution is 5.84. The van der Waals surface area contributed by atoms with Crippen LogP contribution in [0.15, 0.2) is 47.0 Å². The molecule has 1 atom stereocenters. The summed E-state index contributed by atoms with van der Waals surface area (Å²) in [6.07, 6.45) is 8.49. The Bertz CT molecular complexity index is 1080. The standard InChI is InChI=1S/C30H41N3O3/c1-32(2)22-27-29(35-20-16-23-7-4-3-5-8-23)13-11-26-28(31-36-30(26)27)12-10-24-14-17-33(18-15-24)21-25-9-6-19-34-25/h3-5,7-8,11,13,24-25H,6,9-10,12,14-22H2,1-2H3. The average molecular weight is 492 g/mol. The van der Waals surface area contributed by atoms with Crippen molar-refractivity contribution in [1.29, 1.82) is 0 Å². The van der Waals surface area contributed by atoms with Crippen LogP contribution in [0.2, 0.25) is 0 Å². The van der Waals surface area contributed by atoms with E-state index in [0.29, 0.717) is 12.7 Å². The molecule has 0 amide bonds. The maximum Gasteiger partial charge on any atom is 0.175 e. The molecule has 1 aromatic heterocycles. The van der Waals surface area contributed by atoms with Crippen LogP contribution in [-0.2, 0) is 24.1 Å². The summed E-state index contributed by atoms with van der Waals surface area (Å²) in [7, 11) is 4.16. The van der Waals surface area contributed by atoms with Crippen LogP contribution in [0.1, 0.15) is 48.9 Å². The van der Waals surface area contributed by atoms with Gasteiger partial charge in [0.25, 0.3) is 0 Å². The van der Waals surface area contributed by atoms with Gasteiger partial charge in [-0.2, -0.15) is 0 Å². The van der Waals surface area contributed by atoms with Crippen LogP contribution in [0, 0.1) is 5.92 Å². The van der Waals surface area contributed by atoms with Gasteiger partial charge in [-0.15, -0.1) is 0 Å². The van der Waals surface area contributed by atoms with Crippen molar-refractivity contribution in [1.82, 2.24) is 15.0 Å². The Morgan fingerprint density at radius 1 is 1.03 bits per heavy atom. The summed E-state index contributed by atoms with van der Waals surface area (Å²) in [5.41, 5.74) is 4.34. The van der Waals surface area contributed by atoms with Gasteiger partial charge in [0.2, 0.25) is 0 Å². The zero-order valence-electron chi connectivity index (χ0n) is 22.0. The minimum Gasteiger partial charge on any atom is -0.493 e. The fourth-order valence-corrected chi connectivity index (χ4v) is 5.67. The molecular formula is C30H41N3O3. The van der Waals surface area contributed by atoms with Crippen LogP contribution in [0.3, 0.4) is 0 Å². The molecule has 0 bridgehead atoms. The second kappa shape index (κ2) is 12.2. The number of piperidine rings is 1. The number of aromatic nitrogens is 1. The third kappa shape index (κ3) is 6.47. The number of hydrogen-bond acceptors (Lipinski definition) is 6. The molecule has 2 saturated heterocycles. The topological polar surface area (TPSA) is 51.0 Å². The predicted molar refractivity (Wildman–Crippen MR) is 143 cm³/mol. The number of aryl methyl sites for hydroxylation is 1. The van der Waals surface area contributed by atoms with E-state index in [-0.39, 0.29) is 0 Å².